The molecule has 0 aromatic rings. The van der Waals surface area contributed by atoms with Crippen LogP contribution in [-0.4, -0.2) is 12.1 Å². The van der Waals surface area contributed by atoms with E-state index in [1.54, 1.807) is 0 Å². The minimum Gasteiger partial charge on any atom is -0.462 e. The van der Waals surface area contributed by atoms with E-state index < -0.39 is 0 Å². The Hall–Kier alpha value is -1.31. The third kappa shape index (κ3) is 8.73. The Labute approximate surface area is 123 Å². The van der Waals surface area contributed by atoms with Gasteiger partial charge in [0.05, 0.1) is 0 Å². The summed E-state index contributed by atoms with van der Waals surface area (Å²) in [5.74, 6) is -0.0344. The first-order chi connectivity index (χ1) is 9.83. The summed E-state index contributed by atoms with van der Waals surface area (Å²) in [5.41, 5.74) is 0. The van der Waals surface area contributed by atoms with Crippen molar-refractivity contribution in [2.24, 2.45) is 0 Å². The fourth-order valence-electron chi connectivity index (χ4n) is 2.23. The highest BCUT2D eigenvalue weighted by atomic mass is 16.5. The molecule has 0 fully saturated rings. The fraction of sp³-hybridized carbons (Fsp3) is 0.611. The molecule has 0 N–H and O–H groups in total. The molecule has 1 heterocycles. The van der Waals surface area contributed by atoms with E-state index in [1.165, 1.54) is 0 Å². The zero-order valence-electron chi connectivity index (χ0n) is 12.7. The molecule has 0 bridgehead atoms. The van der Waals surface area contributed by atoms with Crippen LogP contribution in [0.4, 0.5) is 0 Å². The van der Waals surface area contributed by atoms with Crippen LogP contribution < -0.4 is 0 Å². The lowest BCUT2D eigenvalue weighted by Gasteiger charge is -2.15. The summed E-state index contributed by atoms with van der Waals surface area (Å²) < 4.78 is 5.57. The molecule has 112 valence electrons. The molecule has 2 nitrogen and oxygen atoms in total. The first-order valence-electron chi connectivity index (χ1n) is 7.97. The molecule has 1 aliphatic rings. The van der Waals surface area contributed by atoms with E-state index in [9.17, 15) is 4.79 Å². The molecule has 0 aromatic heterocycles. The highest BCUT2D eigenvalue weighted by Gasteiger charge is 2.11. The van der Waals surface area contributed by atoms with Gasteiger partial charge in [0.1, 0.15) is 6.10 Å². The molecule has 1 atom stereocenters. The minimum atomic E-state index is -0.0344. The van der Waals surface area contributed by atoms with Gasteiger partial charge in [-0.1, -0.05) is 49.8 Å². The number of hydrogen-bond donors (Lipinski definition) is 0. The Kier molecular flexibility index (Phi) is 9.64. The van der Waals surface area contributed by atoms with E-state index in [2.05, 4.69) is 43.4 Å². The van der Waals surface area contributed by atoms with E-state index in [4.69, 9.17) is 4.74 Å². The Morgan fingerprint density at radius 1 is 1.05 bits per heavy atom. The monoisotopic (exact) mass is 276 g/mol. The van der Waals surface area contributed by atoms with Gasteiger partial charge in [0.25, 0.3) is 0 Å². The van der Waals surface area contributed by atoms with Gasteiger partial charge in [-0.3, -0.25) is 4.79 Å². The average Bonchev–Trinajstić information content (AvgIpc) is 2.42. The van der Waals surface area contributed by atoms with Crippen LogP contribution in [-0.2, 0) is 9.53 Å². The highest BCUT2D eigenvalue weighted by molar-refractivity contribution is 5.69. The second kappa shape index (κ2) is 11.5. The van der Waals surface area contributed by atoms with Crippen LogP contribution in [0.25, 0.3) is 0 Å². The lowest BCUT2D eigenvalue weighted by atomic mass is 10.1. The summed E-state index contributed by atoms with van der Waals surface area (Å²) in [6.07, 6.45) is 21.6. The Balaban J connectivity index is 2.51. The second-order valence-electron chi connectivity index (χ2n) is 5.27. The van der Waals surface area contributed by atoms with Crippen molar-refractivity contribution in [1.29, 1.82) is 0 Å². The van der Waals surface area contributed by atoms with Crippen molar-refractivity contribution in [2.45, 2.75) is 70.8 Å². The van der Waals surface area contributed by atoms with Crippen molar-refractivity contribution in [3.05, 3.63) is 36.5 Å². The molecule has 0 aromatic carbocycles. The molecule has 0 spiro atoms. The summed E-state index contributed by atoms with van der Waals surface area (Å²) in [6, 6.07) is 0. The van der Waals surface area contributed by atoms with Gasteiger partial charge in [-0.25, -0.2) is 0 Å². The zero-order valence-corrected chi connectivity index (χ0v) is 12.7. The SMILES string of the molecule is CCCC1C/C=C\C/C=C\C/C=C\CCCCC(=O)O1. The first-order valence-corrected chi connectivity index (χ1v) is 7.97. The Morgan fingerprint density at radius 3 is 2.50 bits per heavy atom. The van der Waals surface area contributed by atoms with Gasteiger partial charge in [0, 0.05) is 12.8 Å². The number of cyclic esters (lactones) is 1. The van der Waals surface area contributed by atoms with Crippen molar-refractivity contribution in [1.82, 2.24) is 0 Å². The molecule has 1 rings (SSSR count). The van der Waals surface area contributed by atoms with Crippen LogP contribution in [0.2, 0.25) is 0 Å². The standard InChI is InChI=1S/C18H28O2/c1-2-14-17-15-12-10-8-6-4-3-5-7-9-11-13-16-18(19)20-17/h4-7,10,12,17H,2-3,8-9,11,13-16H2,1H3/b6-4-,7-5-,12-10-. The molecule has 0 saturated heterocycles. The maximum Gasteiger partial charge on any atom is 0.306 e. The van der Waals surface area contributed by atoms with Gasteiger partial charge in [0.15, 0.2) is 0 Å². The first kappa shape index (κ1) is 16.7. The van der Waals surface area contributed by atoms with Crippen LogP contribution in [0.1, 0.15) is 64.7 Å². The van der Waals surface area contributed by atoms with Crippen LogP contribution in [0.5, 0.6) is 0 Å². The fourth-order valence-corrected chi connectivity index (χ4v) is 2.23. The molecule has 20 heavy (non-hydrogen) atoms. The van der Waals surface area contributed by atoms with Crippen LogP contribution in [0.3, 0.4) is 0 Å². The van der Waals surface area contributed by atoms with E-state index in [1.807, 2.05) is 0 Å². The normalized spacial score (nSPS) is 27.4. The van der Waals surface area contributed by atoms with Crippen molar-refractivity contribution in [2.75, 3.05) is 0 Å². The van der Waals surface area contributed by atoms with Crippen molar-refractivity contribution >= 4 is 5.97 Å². The summed E-state index contributed by atoms with van der Waals surface area (Å²) in [6.45, 7) is 2.13. The predicted molar refractivity (Wildman–Crippen MR) is 84.5 cm³/mol. The van der Waals surface area contributed by atoms with Gasteiger partial charge in [-0.2, -0.15) is 0 Å². The lowest BCUT2D eigenvalue weighted by Crippen LogP contribution is -2.17. The molecule has 1 unspecified atom stereocenters. The summed E-state index contributed by atoms with van der Waals surface area (Å²) >= 11 is 0. The molecule has 0 saturated carbocycles. The maximum atomic E-state index is 11.8. The molecular formula is C18H28O2. The number of allylic oxidation sites excluding steroid dienone is 5. The van der Waals surface area contributed by atoms with Crippen LogP contribution in [0, 0.1) is 0 Å². The van der Waals surface area contributed by atoms with Gasteiger partial charge in [-0.05, 0) is 38.5 Å². The quantitative estimate of drug-likeness (QED) is 0.517. The molecule has 0 aliphatic carbocycles. The number of ether oxygens (including phenoxy) is 1. The van der Waals surface area contributed by atoms with E-state index in [-0.39, 0.29) is 12.1 Å². The summed E-state index contributed by atoms with van der Waals surface area (Å²) in [7, 11) is 0. The smallest absolute Gasteiger partial charge is 0.306 e. The summed E-state index contributed by atoms with van der Waals surface area (Å²) in [5, 5.41) is 0. The minimum absolute atomic E-state index is 0.0344. The van der Waals surface area contributed by atoms with Crippen molar-refractivity contribution in [3.8, 4) is 0 Å². The third-order valence-electron chi connectivity index (χ3n) is 3.35. The topological polar surface area (TPSA) is 26.3 Å². The molecule has 0 radical (unpaired) electrons. The van der Waals surface area contributed by atoms with E-state index in [0.29, 0.717) is 6.42 Å². The lowest BCUT2D eigenvalue weighted by molar-refractivity contribution is -0.149. The number of hydrogen-bond acceptors (Lipinski definition) is 2. The van der Waals surface area contributed by atoms with E-state index >= 15 is 0 Å². The maximum absolute atomic E-state index is 11.8. The van der Waals surface area contributed by atoms with Crippen LogP contribution in [0.15, 0.2) is 36.5 Å². The van der Waals surface area contributed by atoms with E-state index in [0.717, 1.165) is 51.4 Å². The zero-order chi connectivity index (χ0) is 14.5. The largest absolute Gasteiger partial charge is 0.462 e. The molecule has 2 heteroatoms. The average molecular weight is 276 g/mol. The number of carbonyl (C=O) groups excluding carboxylic acids is 1. The van der Waals surface area contributed by atoms with Crippen molar-refractivity contribution in [3.63, 3.8) is 0 Å². The predicted octanol–water partition coefficient (Wildman–Crippen LogP) is 5.11. The second-order valence-corrected chi connectivity index (χ2v) is 5.27. The third-order valence-corrected chi connectivity index (χ3v) is 3.35. The molecule has 0 amide bonds. The molecule has 1 aliphatic heterocycles. The van der Waals surface area contributed by atoms with Crippen LogP contribution >= 0.6 is 0 Å². The number of carbonyl (C=O) groups is 1. The summed E-state index contributed by atoms with van der Waals surface area (Å²) in [4.78, 5) is 11.8. The molecular weight excluding hydrogens is 248 g/mol. The number of rotatable bonds is 2. The number of esters is 1. The van der Waals surface area contributed by atoms with Gasteiger partial charge in [-0.15, -0.1) is 0 Å². The van der Waals surface area contributed by atoms with Gasteiger partial charge < -0.3 is 4.74 Å². The van der Waals surface area contributed by atoms with Gasteiger partial charge >= 0.3 is 5.97 Å². The van der Waals surface area contributed by atoms with Gasteiger partial charge in [0.2, 0.25) is 0 Å². The van der Waals surface area contributed by atoms with Crippen molar-refractivity contribution < 1.29 is 9.53 Å². The highest BCUT2D eigenvalue weighted by Crippen LogP contribution is 2.11. The Morgan fingerprint density at radius 2 is 1.75 bits per heavy atom. The Bertz CT molecular complexity index is 339.